The second-order valence-electron chi connectivity index (χ2n) is 7.17. The highest BCUT2D eigenvalue weighted by atomic mass is 19.1. The van der Waals surface area contributed by atoms with Crippen LogP contribution in [0.3, 0.4) is 0 Å². The van der Waals surface area contributed by atoms with Crippen LogP contribution in [0.4, 0.5) is 8.78 Å². The van der Waals surface area contributed by atoms with Gasteiger partial charge in [0.25, 0.3) is 5.91 Å². The van der Waals surface area contributed by atoms with Crippen molar-refractivity contribution in [2.75, 3.05) is 13.1 Å². The molecule has 1 amide bonds. The molecule has 26 heavy (non-hydrogen) atoms. The van der Waals surface area contributed by atoms with Gasteiger partial charge in [0.15, 0.2) is 0 Å². The Bertz CT molecular complexity index is 820. The van der Waals surface area contributed by atoms with Crippen molar-refractivity contribution >= 4 is 5.91 Å². The Morgan fingerprint density at radius 2 is 1.81 bits per heavy atom. The van der Waals surface area contributed by atoms with Crippen LogP contribution in [0.1, 0.15) is 40.4 Å². The van der Waals surface area contributed by atoms with Gasteiger partial charge >= 0.3 is 0 Å². The average molecular weight is 357 g/mol. The summed E-state index contributed by atoms with van der Waals surface area (Å²) < 4.78 is 34.9. The minimum absolute atomic E-state index is 0.0890. The van der Waals surface area contributed by atoms with E-state index in [2.05, 4.69) is 0 Å². The zero-order valence-electron chi connectivity index (χ0n) is 14.6. The summed E-state index contributed by atoms with van der Waals surface area (Å²) in [5.74, 6) is -1.77. The normalized spacial score (nSPS) is 23.1. The average Bonchev–Trinajstić information content (AvgIpc) is 3.50. The van der Waals surface area contributed by atoms with Crippen LogP contribution in [0.15, 0.2) is 42.5 Å². The Balaban J connectivity index is 1.64. The van der Waals surface area contributed by atoms with Gasteiger partial charge in [0.05, 0.1) is 12.6 Å². The Hall–Kier alpha value is -2.27. The fraction of sp³-hybridized carbons (Fsp3) is 0.381. The number of benzene rings is 2. The summed E-state index contributed by atoms with van der Waals surface area (Å²) >= 11 is 0. The van der Waals surface area contributed by atoms with Crippen LogP contribution in [0.2, 0.25) is 0 Å². The molecule has 0 aromatic heterocycles. The first-order chi connectivity index (χ1) is 12.5. The number of nitrogens with zero attached hydrogens (tertiary/aromatic N) is 1. The smallest absolute Gasteiger partial charge is 0.260 e. The number of halogens is 2. The lowest BCUT2D eigenvalue weighted by Gasteiger charge is -2.38. The van der Waals surface area contributed by atoms with Crippen molar-refractivity contribution < 1.29 is 18.3 Å². The molecule has 136 valence electrons. The van der Waals surface area contributed by atoms with Gasteiger partial charge in [0.1, 0.15) is 23.3 Å². The summed E-state index contributed by atoms with van der Waals surface area (Å²) in [6.07, 6.45) is 1.77. The van der Waals surface area contributed by atoms with E-state index in [1.165, 1.54) is 13.0 Å². The van der Waals surface area contributed by atoms with Gasteiger partial charge in [-0.25, -0.2) is 8.78 Å². The summed E-state index contributed by atoms with van der Waals surface area (Å²) in [4.78, 5) is 14.5. The van der Waals surface area contributed by atoms with E-state index in [0.29, 0.717) is 19.0 Å². The van der Waals surface area contributed by atoms with Crippen molar-refractivity contribution in [2.45, 2.75) is 32.0 Å². The van der Waals surface area contributed by atoms with Gasteiger partial charge in [-0.3, -0.25) is 4.79 Å². The summed E-state index contributed by atoms with van der Waals surface area (Å²) in [5.41, 5.74) is 0.774. The molecule has 2 atom stereocenters. The lowest BCUT2D eigenvalue weighted by molar-refractivity contribution is -0.0865. The van der Waals surface area contributed by atoms with Gasteiger partial charge in [-0.05, 0) is 42.9 Å². The Morgan fingerprint density at radius 3 is 2.50 bits per heavy atom. The molecule has 2 aromatic rings. The van der Waals surface area contributed by atoms with Crippen molar-refractivity contribution in [3.8, 4) is 0 Å². The molecular formula is C21H21F2NO2. The van der Waals surface area contributed by atoms with E-state index in [9.17, 15) is 13.6 Å². The number of morpholine rings is 1. The minimum atomic E-state index is -0.816. The minimum Gasteiger partial charge on any atom is -0.366 e. The van der Waals surface area contributed by atoms with E-state index in [0.717, 1.165) is 24.5 Å². The van der Waals surface area contributed by atoms with Crippen molar-refractivity contribution in [3.05, 3.63) is 70.8 Å². The molecule has 3 nitrogen and oxygen atoms in total. The first kappa shape index (κ1) is 17.2. The third kappa shape index (κ3) is 3.23. The molecular weight excluding hydrogens is 336 g/mol. The SMILES string of the molecule is Cc1ccc(F)c(C(=O)N2C[C@@H](c3ccccc3)O[C@@H](C3CC3)C2)c1F. The van der Waals surface area contributed by atoms with E-state index in [1.54, 1.807) is 4.90 Å². The maximum atomic E-state index is 14.4. The molecule has 1 saturated heterocycles. The van der Waals surface area contributed by atoms with Crippen molar-refractivity contribution in [2.24, 2.45) is 5.92 Å². The molecule has 1 aliphatic carbocycles. The number of carbonyl (C=O) groups excluding carboxylic acids is 1. The maximum absolute atomic E-state index is 14.4. The second kappa shape index (κ2) is 6.80. The topological polar surface area (TPSA) is 29.5 Å². The Kier molecular flexibility index (Phi) is 4.49. The lowest BCUT2D eigenvalue weighted by Crippen LogP contribution is -2.48. The molecule has 2 aliphatic rings. The lowest BCUT2D eigenvalue weighted by atomic mass is 10.0. The third-order valence-corrected chi connectivity index (χ3v) is 5.23. The number of carbonyl (C=O) groups is 1. The standard InChI is InChI=1S/C21H21F2NO2/c1-13-7-10-16(22)19(20(13)23)21(25)24-11-17(14-5-3-2-4-6-14)26-18(12-24)15-8-9-15/h2-7,10,15,17-18H,8-9,11-12H2,1H3/t17-,18+/m0/s1. The van der Waals surface area contributed by atoms with Crippen LogP contribution in [0.5, 0.6) is 0 Å². The zero-order valence-corrected chi connectivity index (χ0v) is 14.6. The first-order valence-electron chi connectivity index (χ1n) is 8.99. The number of hydrogen-bond donors (Lipinski definition) is 0. The molecule has 5 heteroatoms. The van der Waals surface area contributed by atoms with Crippen molar-refractivity contribution in [1.29, 1.82) is 0 Å². The molecule has 4 rings (SSSR count). The number of ether oxygens (including phenoxy) is 1. The molecule has 0 spiro atoms. The number of hydrogen-bond acceptors (Lipinski definition) is 2. The maximum Gasteiger partial charge on any atom is 0.260 e. The van der Waals surface area contributed by atoms with Crippen molar-refractivity contribution in [3.63, 3.8) is 0 Å². The van der Waals surface area contributed by atoms with E-state index in [4.69, 9.17) is 4.74 Å². The summed E-state index contributed by atoms with van der Waals surface area (Å²) in [6, 6.07) is 12.2. The number of aryl methyl sites for hydroxylation is 1. The second-order valence-corrected chi connectivity index (χ2v) is 7.17. The fourth-order valence-electron chi connectivity index (χ4n) is 3.55. The highest BCUT2D eigenvalue weighted by molar-refractivity contribution is 5.95. The predicted octanol–water partition coefficient (Wildman–Crippen LogP) is 4.27. The zero-order chi connectivity index (χ0) is 18.3. The van der Waals surface area contributed by atoms with Crippen LogP contribution in [0, 0.1) is 24.5 Å². The van der Waals surface area contributed by atoms with Gasteiger partial charge in [-0.1, -0.05) is 36.4 Å². The Labute approximate surface area is 151 Å². The molecule has 0 N–H and O–H groups in total. The number of amides is 1. The molecule has 1 saturated carbocycles. The monoisotopic (exact) mass is 357 g/mol. The van der Waals surface area contributed by atoms with Crippen LogP contribution in [0.25, 0.3) is 0 Å². The van der Waals surface area contributed by atoms with Crippen molar-refractivity contribution in [1.82, 2.24) is 4.90 Å². The summed E-state index contributed by atoms with van der Waals surface area (Å²) in [7, 11) is 0. The predicted molar refractivity (Wildman–Crippen MR) is 93.8 cm³/mol. The van der Waals surface area contributed by atoms with E-state index >= 15 is 0 Å². The highest BCUT2D eigenvalue weighted by Crippen LogP contribution is 2.39. The van der Waals surface area contributed by atoms with E-state index in [-0.39, 0.29) is 17.8 Å². The molecule has 2 aromatic carbocycles. The molecule has 1 heterocycles. The van der Waals surface area contributed by atoms with Crippen LogP contribution in [-0.4, -0.2) is 30.0 Å². The van der Waals surface area contributed by atoms with Gasteiger partial charge in [-0.15, -0.1) is 0 Å². The van der Waals surface area contributed by atoms with Gasteiger partial charge in [0.2, 0.25) is 0 Å². The molecule has 0 unspecified atom stereocenters. The third-order valence-electron chi connectivity index (χ3n) is 5.23. The fourth-order valence-corrected chi connectivity index (χ4v) is 3.55. The summed E-state index contributed by atoms with van der Waals surface area (Å²) in [5, 5.41) is 0. The number of rotatable bonds is 3. The quantitative estimate of drug-likeness (QED) is 0.821. The van der Waals surface area contributed by atoms with E-state index < -0.39 is 23.1 Å². The molecule has 1 aliphatic heterocycles. The van der Waals surface area contributed by atoms with Crippen LogP contribution in [-0.2, 0) is 4.74 Å². The molecule has 0 radical (unpaired) electrons. The van der Waals surface area contributed by atoms with E-state index in [1.807, 2.05) is 30.3 Å². The van der Waals surface area contributed by atoms with Gasteiger partial charge < -0.3 is 9.64 Å². The van der Waals surface area contributed by atoms with Gasteiger partial charge in [-0.2, -0.15) is 0 Å². The summed E-state index contributed by atoms with van der Waals surface area (Å²) in [6.45, 7) is 2.20. The Morgan fingerprint density at radius 1 is 1.08 bits per heavy atom. The molecule has 0 bridgehead atoms. The highest BCUT2D eigenvalue weighted by Gasteiger charge is 2.41. The first-order valence-corrected chi connectivity index (χ1v) is 8.99. The van der Waals surface area contributed by atoms with Crippen LogP contribution >= 0.6 is 0 Å². The largest absolute Gasteiger partial charge is 0.366 e. The van der Waals surface area contributed by atoms with Gasteiger partial charge in [0, 0.05) is 6.54 Å². The van der Waals surface area contributed by atoms with Crippen LogP contribution < -0.4 is 0 Å². The molecule has 2 fully saturated rings.